The van der Waals surface area contributed by atoms with Gasteiger partial charge in [0, 0.05) is 12.7 Å². The van der Waals surface area contributed by atoms with Crippen molar-refractivity contribution < 1.29 is 38.4 Å². The van der Waals surface area contributed by atoms with Crippen LogP contribution in [-0.4, -0.2) is 67.5 Å². The number of aliphatic hydroxyl groups is 2. The first-order valence-corrected chi connectivity index (χ1v) is 10.3. The molecule has 0 aliphatic carbocycles. The summed E-state index contributed by atoms with van der Waals surface area (Å²) in [5.74, 6) is 0.548. The van der Waals surface area contributed by atoms with Gasteiger partial charge in [-0.25, -0.2) is 4.79 Å². The minimum absolute atomic E-state index is 0.0841. The first-order valence-electron chi connectivity index (χ1n) is 10.3. The highest BCUT2D eigenvalue weighted by atomic mass is 16.7. The molecule has 1 aliphatic rings. The van der Waals surface area contributed by atoms with E-state index in [4.69, 9.17) is 23.4 Å². The molecule has 0 radical (unpaired) electrons. The molecule has 2 heterocycles. The van der Waals surface area contributed by atoms with Crippen LogP contribution in [0.2, 0.25) is 0 Å². The first kappa shape index (κ1) is 24.7. The number of fused-ring (bicyclic) bond motifs is 1. The Hall–Kier alpha value is -2.92. The molecule has 0 saturated carbocycles. The standard InChI is InChI=1S/C23H29NO9/c1-7-10-30-19-13-8-9-15(12(2)18(13)32-21(27)14(19)11-24-29-6)31-22-17(26)16(25)20(28-5)23(3,4)33-22/h7-9,11,16-17,20,22,25-26H,1,10H2,2-6H3/b24-11+/t16-,17+,20+,22+/m0/s1. The van der Waals surface area contributed by atoms with E-state index in [-0.39, 0.29) is 23.5 Å². The first-order chi connectivity index (χ1) is 15.7. The fourth-order valence-corrected chi connectivity index (χ4v) is 3.84. The average molecular weight is 463 g/mol. The summed E-state index contributed by atoms with van der Waals surface area (Å²) in [7, 11) is 2.78. The van der Waals surface area contributed by atoms with E-state index < -0.39 is 35.8 Å². The van der Waals surface area contributed by atoms with Crippen molar-refractivity contribution in [3.63, 3.8) is 0 Å². The molecule has 0 spiro atoms. The minimum atomic E-state index is -1.37. The molecule has 180 valence electrons. The second-order valence-electron chi connectivity index (χ2n) is 8.06. The van der Waals surface area contributed by atoms with Crippen LogP contribution in [0, 0.1) is 6.92 Å². The predicted molar refractivity (Wildman–Crippen MR) is 120 cm³/mol. The van der Waals surface area contributed by atoms with Gasteiger partial charge in [0.25, 0.3) is 0 Å². The Bertz CT molecular complexity index is 1090. The van der Waals surface area contributed by atoms with E-state index in [9.17, 15) is 15.0 Å². The van der Waals surface area contributed by atoms with E-state index in [0.29, 0.717) is 16.7 Å². The fraction of sp³-hybridized carbons (Fsp3) is 0.478. The quantitative estimate of drug-likeness (QED) is 0.261. The van der Waals surface area contributed by atoms with Gasteiger partial charge in [0.05, 0.1) is 17.2 Å². The molecule has 1 aromatic heterocycles. The summed E-state index contributed by atoms with van der Waals surface area (Å²) < 4.78 is 28.3. The third-order valence-corrected chi connectivity index (χ3v) is 5.43. The molecule has 3 rings (SSSR count). The van der Waals surface area contributed by atoms with Crippen molar-refractivity contribution >= 4 is 17.2 Å². The molecule has 0 bridgehead atoms. The number of nitrogens with zero attached hydrogens (tertiary/aromatic N) is 1. The molecule has 2 N–H and O–H groups in total. The molecule has 4 atom stereocenters. The highest BCUT2D eigenvalue weighted by Gasteiger charge is 2.50. The van der Waals surface area contributed by atoms with Crippen LogP contribution in [0.3, 0.4) is 0 Å². The summed E-state index contributed by atoms with van der Waals surface area (Å²) in [6.07, 6.45) is -1.78. The van der Waals surface area contributed by atoms with Gasteiger partial charge in [-0.05, 0) is 32.9 Å². The number of hydrogen-bond donors (Lipinski definition) is 2. The Labute approximate surface area is 190 Å². The van der Waals surface area contributed by atoms with Crippen LogP contribution in [0.25, 0.3) is 11.0 Å². The molecular weight excluding hydrogens is 434 g/mol. The Morgan fingerprint density at radius 1 is 1.24 bits per heavy atom. The second-order valence-corrected chi connectivity index (χ2v) is 8.06. The van der Waals surface area contributed by atoms with Gasteiger partial charge in [0.15, 0.2) is 0 Å². The summed E-state index contributed by atoms with van der Waals surface area (Å²) in [6, 6.07) is 3.28. The Balaban J connectivity index is 2.04. The zero-order valence-electron chi connectivity index (χ0n) is 19.2. The van der Waals surface area contributed by atoms with E-state index in [0.717, 1.165) is 0 Å². The SMILES string of the molecule is C=CCOc1c(/C=N/OC)c(=O)oc2c(C)c(O[C@@H]3OC(C)(C)[C@H](OC)[C@@H](O)[C@H]3O)ccc12. The number of rotatable bonds is 8. The van der Waals surface area contributed by atoms with Gasteiger partial charge >= 0.3 is 5.63 Å². The molecule has 1 aromatic carbocycles. The molecule has 0 unspecified atom stereocenters. The normalized spacial score (nSPS) is 24.7. The van der Waals surface area contributed by atoms with Crippen molar-refractivity contribution in [1.29, 1.82) is 0 Å². The number of aryl methyl sites for hydroxylation is 1. The summed E-state index contributed by atoms with van der Waals surface area (Å²) in [5, 5.41) is 25.2. The lowest BCUT2D eigenvalue weighted by Crippen LogP contribution is -2.63. The average Bonchev–Trinajstić information content (AvgIpc) is 2.77. The van der Waals surface area contributed by atoms with Crippen molar-refractivity contribution in [3.8, 4) is 11.5 Å². The van der Waals surface area contributed by atoms with E-state index in [1.54, 1.807) is 39.0 Å². The maximum atomic E-state index is 12.7. The molecule has 0 amide bonds. The fourth-order valence-electron chi connectivity index (χ4n) is 3.84. The largest absolute Gasteiger partial charge is 0.488 e. The van der Waals surface area contributed by atoms with Crippen LogP contribution >= 0.6 is 0 Å². The zero-order chi connectivity index (χ0) is 24.3. The van der Waals surface area contributed by atoms with Crippen LogP contribution in [0.1, 0.15) is 25.0 Å². The Morgan fingerprint density at radius 2 is 1.97 bits per heavy atom. The van der Waals surface area contributed by atoms with Gasteiger partial charge in [0.1, 0.15) is 54.7 Å². The van der Waals surface area contributed by atoms with E-state index in [2.05, 4.69) is 16.6 Å². The van der Waals surface area contributed by atoms with Crippen LogP contribution in [0.4, 0.5) is 0 Å². The van der Waals surface area contributed by atoms with Crippen LogP contribution in [0.5, 0.6) is 11.5 Å². The summed E-state index contributed by atoms with van der Waals surface area (Å²) in [6.45, 7) is 8.93. The summed E-state index contributed by atoms with van der Waals surface area (Å²) in [5.41, 5.74) is -0.834. The molecule has 1 aliphatic heterocycles. The van der Waals surface area contributed by atoms with Crippen molar-refractivity contribution in [3.05, 3.63) is 46.3 Å². The number of ether oxygens (including phenoxy) is 4. The molecular formula is C23H29NO9. The van der Waals surface area contributed by atoms with Crippen molar-refractivity contribution in [2.75, 3.05) is 20.8 Å². The van der Waals surface area contributed by atoms with Gasteiger partial charge in [0.2, 0.25) is 6.29 Å². The third kappa shape index (κ3) is 4.74. The highest BCUT2D eigenvalue weighted by molar-refractivity contribution is 5.95. The predicted octanol–water partition coefficient (Wildman–Crippen LogP) is 1.90. The number of hydrogen-bond acceptors (Lipinski definition) is 10. The number of aliphatic hydroxyl groups excluding tert-OH is 2. The number of methoxy groups -OCH3 is 1. The van der Waals surface area contributed by atoms with E-state index in [1.165, 1.54) is 20.4 Å². The summed E-state index contributed by atoms with van der Waals surface area (Å²) in [4.78, 5) is 17.3. The lowest BCUT2D eigenvalue weighted by atomic mass is 9.89. The van der Waals surface area contributed by atoms with Crippen molar-refractivity contribution in [2.45, 2.75) is 51.0 Å². The molecule has 33 heavy (non-hydrogen) atoms. The van der Waals surface area contributed by atoms with Gasteiger partial charge in [-0.3, -0.25) is 0 Å². The van der Waals surface area contributed by atoms with Crippen molar-refractivity contribution in [1.82, 2.24) is 0 Å². The van der Waals surface area contributed by atoms with Crippen molar-refractivity contribution in [2.24, 2.45) is 5.16 Å². The smallest absolute Gasteiger partial charge is 0.349 e. The van der Waals surface area contributed by atoms with Gasteiger partial charge in [-0.1, -0.05) is 17.8 Å². The highest BCUT2D eigenvalue weighted by Crippen LogP contribution is 2.37. The molecule has 1 fully saturated rings. The lowest BCUT2D eigenvalue weighted by Gasteiger charge is -2.46. The monoisotopic (exact) mass is 463 g/mol. The Morgan fingerprint density at radius 3 is 2.61 bits per heavy atom. The van der Waals surface area contributed by atoms with E-state index >= 15 is 0 Å². The number of benzene rings is 1. The molecule has 2 aromatic rings. The molecule has 10 heteroatoms. The maximum Gasteiger partial charge on any atom is 0.349 e. The van der Waals surface area contributed by atoms with E-state index in [1.807, 2.05) is 0 Å². The van der Waals surface area contributed by atoms with Gasteiger partial charge in [-0.15, -0.1) is 0 Å². The Kier molecular flexibility index (Phi) is 7.43. The van der Waals surface area contributed by atoms with Gasteiger partial charge in [-0.2, -0.15) is 0 Å². The lowest BCUT2D eigenvalue weighted by molar-refractivity contribution is -0.306. The minimum Gasteiger partial charge on any atom is -0.488 e. The maximum absolute atomic E-state index is 12.7. The second kappa shape index (κ2) is 9.92. The summed E-state index contributed by atoms with van der Waals surface area (Å²) >= 11 is 0. The third-order valence-electron chi connectivity index (χ3n) is 5.43. The van der Waals surface area contributed by atoms with Gasteiger partial charge < -0.3 is 38.4 Å². The number of oxime groups is 1. The molecule has 1 saturated heterocycles. The van der Waals surface area contributed by atoms with Crippen LogP contribution < -0.4 is 15.1 Å². The topological polar surface area (TPSA) is 129 Å². The molecule has 10 nitrogen and oxygen atoms in total. The van der Waals surface area contributed by atoms with Crippen LogP contribution in [0.15, 0.2) is 39.2 Å². The zero-order valence-corrected chi connectivity index (χ0v) is 19.2. The van der Waals surface area contributed by atoms with Crippen LogP contribution in [-0.2, 0) is 14.3 Å².